The van der Waals surface area contributed by atoms with Crippen LogP contribution in [0.25, 0.3) is 0 Å². The molecule has 0 spiro atoms. The van der Waals surface area contributed by atoms with Crippen LogP contribution in [0.3, 0.4) is 0 Å². The average Bonchev–Trinajstić information content (AvgIpc) is 3.26. The Kier molecular flexibility index (Phi) is 21.3. The third-order valence-corrected chi connectivity index (χ3v) is 10.7. The van der Waals surface area contributed by atoms with Gasteiger partial charge in [-0.2, -0.15) is 0 Å². The molecule has 9 N–H and O–H groups in total. The van der Waals surface area contributed by atoms with Crippen LogP contribution in [0.1, 0.15) is 101 Å². The van der Waals surface area contributed by atoms with Crippen LogP contribution < -0.4 is 31.9 Å². The molecule has 1 saturated carbocycles. The summed E-state index contributed by atoms with van der Waals surface area (Å²) < 4.78 is 0. The van der Waals surface area contributed by atoms with Gasteiger partial charge in [0, 0.05) is 25.7 Å². The first-order valence-electron chi connectivity index (χ1n) is 21.1. The van der Waals surface area contributed by atoms with E-state index < -0.39 is 128 Å². The quantitative estimate of drug-likeness (QED) is 0.0457. The normalized spacial score (nSPS) is 15.3. The minimum atomic E-state index is -1.71. The van der Waals surface area contributed by atoms with Crippen molar-refractivity contribution in [1.82, 2.24) is 31.9 Å². The molecule has 6 atom stereocenters. The van der Waals surface area contributed by atoms with E-state index >= 15 is 0 Å². The Balaban J connectivity index is 2.10. The number of aldehydes is 1. The highest BCUT2D eigenvalue weighted by atomic mass is 16.4. The van der Waals surface area contributed by atoms with Crippen LogP contribution in [0.4, 0.5) is 0 Å². The van der Waals surface area contributed by atoms with Crippen LogP contribution in [-0.2, 0) is 47.9 Å². The summed E-state index contributed by atoms with van der Waals surface area (Å²) in [6.45, 7) is 4.64. The molecule has 0 radical (unpaired) electrons. The van der Waals surface area contributed by atoms with E-state index in [1.54, 1.807) is 60.7 Å². The second-order valence-electron chi connectivity index (χ2n) is 15.7. The average molecular weight is 891 g/mol. The fourth-order valence-corrected chi connectivity index (χ4v) is 7.56. The fourth-order valence-electron chi connectivity index (χ4n) is 7.56. The van der Waals surface area contributed by atoms with Crippen LogP contribution in [0.2, 0.25) is 0 Å². The topological polar surface area (TPSA) is 304 Å². The molecule has 1 fully saturated rings. The van der Waals surface area contributed by atoms with Gasteiger partial charge < -0.3 is 52.0 Å². The van der Waals surface area contributed by atoms with E-state index in [1.165, 1.54) is 6.08 Å². The molecule has 0 saturated heterocycles. The van der Waals surface area contributed by atoms with Crippen LogP contribution in [0.15, 0.2) is 73.3 Å². The predicted molar refractivity (Wildman–Crippen MR) is 230 cm³/mol. The van der Waals surface area contributed by atoms with Crippen LogP contribution in [0, 0.1) is 5.92 Å². The minimum Gasteiger partial charge on any atom is -0.481 e. The van der Waals surface area contributed by atoms with Gasteiger partial charge >= 0.3 is 17.9 Å². The predicted octanol–water partition coefficient (Wildman–Crippen LogP) is 1.70. The molecule has 0 aromatic heterocycles. The Hall–Kier alpha value is -6.92. The van der Waals surface area contributed by atoms with Gasteiger partial charge in [0.25, 0.3) is 0 Å². The second-order valence-corrected chi connectivity index (χ2v) is 15.7. The molecule has 346 valence electrons. The first kappa shape index (κ1) is 51.4. The molecular weight excluding hydrogens is 833 g/mol. The SMILES string of the molecule is C=CCC(C=O)NC(=O)[C@H](CC1CCCCC1)NC(=O)[C@H](CCC(=O)O)NC(=O)[C@@H](NC(=O)[C@H](CCC(=O)O)NC(=O)[C@H](CC(=O)O)NC(C)=O)C(c1ccccc1)c1ccccc1. The summed E-state index contributed by atoms with van der Waals surface area (Å²) in [5, 5.41) is 43.6. The van der Waals surface area contributed by atoms with Crippen molar-refractivity contribution in [3.63, 3.8) is 0 Å². The van der Waals surface area contributed by atoms with Gasteiger partial charge in [-0.3, -0.25) is 43.2 Å². The maximum Gasteiger partial charge on any atom is 0.305 e. The molecule has 19 heteroatoms. The lowest BCUT2D eigenvalue weighted by molar-refractivity contribution is -0.141. The molecule has 0 heterocycles. The molecule has 1 aliphatic rings. The first-order valence-corrected chi connectivity index (χ1v) is 21.1. The van der Waals surface area contributed by atoms with Crippen molar-refractivity contribution in [1.29, 1.82) is 0 Å². The van der Waals surface area contributed by atoms with Crippen molar-refractivity contribution in [2.24, 2.45) is 5.92 Å². The van der Waals surface area contributed by atoms with Gasteiger partial charge in [0.15, 0.2) is 0 Å². The molecule has 1 aliphatic carbocycles. The largest absolute Gasteiger partial charge is 0.481 e. The molecule has 0 bridgehead atoms. The lowest BCUT2D eigenvalue weighted by atomic mass is 9.84. The molecule has 6 amide bonds. The summed E-state index contributed by atoms with van der Waals surface area (Å²) in [6.07, 6.45) is 3.51. The number of hydrogen-bond acceptors (Lipinski definition) is 10. The van der Waals surface area contributed by atoms with Gasteiger partial charge in [-0.1, -0.05) is 98.8 Å². The van der Waals surface area contributed by atoms with E-state index in [4.69, 9.17) is 0 Å². The zero-order valence-electron chi connectivity index (χ0n) is 35.7. The molecule has 2 aromatic carbocycles. The van der Waals surface area contributed by atoms with Gasteiger partial charge in [-0.15, -0.1) is 6.58 Å². The number of nitrogens with one attached hydrogen (secondary N) is 6. The number of rotatable bonds is 27. The highest BCUT2D eigenvalue weighted by Gasteiger charge is 2.38. The van der Waals surface area contributed by atoms with Crippen LogP contribution in [-0.4, -0.2) is 111 Å². The van der Waals surface area contributed by atoms with E-state index in [0.717, 1.165) is 39.0 Å². The van der Waals surface area contributed by atoms with E-state index in [1.807, 2.05) is 0 Å². The number of carboxylic acid groups (broad SMARTS) is 3. The Morgan fingerprint density at radius 3 is 1.55 bits per heavy atom. The summed E-state index contributed by atoms with van der Waals surface area (Å²) >= 11 is 0. The monoisotopic (exact) mass is 890 g/mol. The minimum absolute atomic E-state index is 0.0373. The van der Waals surface area contributed by atoms with Gasteiger partial charge in [-0.05, 0) is 42.7 Å². The summed E-state index contributed by atoms with van der Waals surface area (Å²) in [6, 6.07) is 8.00. The van der Waals surface area contributed by atoms with E-state index in [9.17, 15) is 63.3 Å². The number of aliphatic carboxylic acids is 3. The molecule has 2 aromatic rings. The van der Waals surface area contributed by atoms with Crippen molar-refractivity contribution in [2.75, 3.05) is 0 Å². The molecule has 3 rings (SSSR count). The zero-order chi connectivity index (χ0) is 47.2. The number of amides is 6. The summed E-state index contributed by atoms with van der Waals surface area (Å²) in [7, 11) is 0. The molecule has 0 aliphatic heterocycles. The maximum atomic E-state index is 14.8. The number of hydrogen-bond donors (Lipinski definition) is 9. The van der Waals surface area contributed by atoms with Crippen molar-refractivity contribution in [3.8, 4) is 0 Å². The van der Waals surface area contributed by atoms with Gasteiger partial charge in [0.1, 0.15) is 36.5 Å². The molecule has 64 heavy (non-hydrogen) atoms. The Bertz CT molecular complexity index is 1900. The van der Waals surface area contributed by atoms with Gasteiger partial charge in [0.05, 0.1) is 12.5 Å². The Morgan fingerprint density at radius 1 is 0.609 bits per heavy atom. The maximum absolute atomic E-state index is 14.8. The van der Waals surface area contributed by atoms with Crippen molar-refractivity contribution in [2.45, 2.75) is 126 Å². The Labute approximate surface area is 370 Å². The number of carbonyl (C=O) groups excluding carboxylic acids is 7. The smallest absolute Gasteiger partial charge is 0.305 e. The third kappa shape index (κ3) is 17.5. The summed E-state index contributed by atoms with van der Waals surface area (Å²) in [4.78, 5) is 129. The van der Waals surface area contributed by atoms with Crippen LogP contribution in [0.5, 0.6) is 0 Å². The third-order valence-electron chi connectivity index (χ3n) is 10.7. The lowest BCUT2D eigenvalue weighted by Crippen LogP contribution is -2.60. The van der Waals surface area contributed by atoms with Gasteiger partial charge in [-0.25, -0.2) is 0 Å². The fraction of sp³-hybridized carbons (Fsp3) is 0.467. The van der Waals surface area contributed by atoms with Crippen molar-refractivity contribution >= 4 is 59.6 Å². The van der Waals surface area contributed by atoms with E-state index in [-0.39, 0.29) is 18.8 Å². The second kappa shape index (κ2) is 26.5. The van der Waals surface area contributed by atoms with Crippen molar-refractivity contribution < 1.29 is 63.3 Å². The lowest BCUT2D eigenvalue weighted by Gasteiger charge is -2.32. The van der Waals surface area contributed by atoms with E-state index in [0.29, 0.717) is 17.4 Å². The first-order chi connectivity index (χ1) is 30.5. The van der Waals surface area contributed by atoms with E-state index in [2.05, 4.69) is 38.5 Å². The summed E-state index contributed by atoms with van der Waals surface area (Å²) in [5.74, 6) is -10.7. The number of benzene rings is 2. The zero-order valence-corrected chi connectivity index (χ0v) is 35.7. The number of carboxylic acids is 3. The highest BCUT2D eigenvalue weighted by Crippen LogP contribution is 2.30. The standard InChI is InChI=1S/C45H58N6O13/c1-3-13-31(26-52)47-43(62)34(24-28-14-7-4-8-15-28)50-41(60)32(20-22-36(54)55)49-45(64)40(39(29-16-9-5-10-17-29)30-18-11-6-12-19-30)51-42(61)33(21-23-37(56)57)48-44(63)35(25-38(58)59)46-27(2)53/h3,5-6,9-12,16-19,26,28,31-35,39-40H,1,4,7-8,13-15,20-25H2,2H3,(H,46,53)(H,47,62)(H,48,63)(H,49,64)(H,50,60)(H,51,61)(H,54,55)(H,56,57)(H,58,59)/t31?,32-,33-,34-,35-,40-/m0/s1. The van der Waals surface area contributed by atoms with Crippen molar-refractivity contribution in [3.05, 3.63) is 84.4 Å². The summed E-state index contributed by atoms with van der Waals surface area (Å²) in [5.41, 5.74) is 0.958. The Morgan fingerprint density at radius 2 is 1.08 bits per heavy atom. The van der Waals surface area contributed by atoms with Crippen LogP contribution >= 0.6 is 0 Å². The number of carbonyl (C=O) groups is 10. The molecule has 19 nitrogen and oxygen atoms in total. The highest BCUT2D eigenvalue weighted by molar-refractivity contribution is 5.98. The molecular formula is C45H58N6O13. The molecule has 1 unspecified atom stereocenters. The van der Waals surface area contributed by atoms with Gasteiger partial charge in [0.2, 0.25) is 35.4 Å².